The van der Waals surface area contributed by atoms with Crippen LogP contribution in [0.4, 0.5) is 0 Å². The Labute approximate surface area is 799 Å². The molecule has 138 heavy (non-hydrogen) atoms. The van der Waals surface area contributed by atoms with Crippen LogP contribution in [0.3, 0.4) is 0 Å². The summed E-state index contributed by atoms with van der Waals surface area (Å²) in [5.74, 6) is 3.36. The zero-order valence-electron chi connectivity index (χ0n) is 75.1. The van der Waals surface area contributed by atoms with Gasteiger partial charge in [0.2, 0.25) is 11.8 Å². The minimum Gasteiger partial charge on any atom is -0.436 e. The molecule has 0 aliphatic heterocycles. The van der Waals surface area contributed by atoms with Gasteiger partial charge in [-0.15, -0.1) is 11.3 Å². The SMILES string of the molecule is CC1(C)c2ccccc2-c2ccc(-c3nc4c(ccc5ccc6cc(-c7nc(-c8ccccc8)cc(-c8ccccc8)n7)ccc6c54)s3)cc21.c1ccc(-c2cc(-c3ccccc3)nc(-c3ccc(-c4ccc5ccc6ccc7oc(-c8ccccc8)nc7c6c5c4)cc3)n2)cc1.c1ccc(-c2cc(-c3ccccc3)nc(-c3ccc4c(ccc5ccc6oc(-c7ccccc7)nc6c54)c3)n2)cc1. The number of fused-ring (bicyclic) bond motifs is 18. The van der Waals surface area contributed by atoms with E-state index in [2.05, 4.69) is 311 Å². The number of rotatable bonds is 13. The van der Waals surface area contributed by atoms with E-state index in [4.69, 9.17) is 53.7 Å². The van der Waals surface area contributed by atoms with Crippen LogP contribution >= 0.6 is 11.3 Å². The smallest absolute Gasteiger partial charge is 0.227 e. The first kappa shape index (κ1) is 82.0. The molecule has 648 valence electrons. The lowest BCUT2D eigenvalue weighted by atomic mass is 9.82. The van der Waals surface area contributed by atoms with E-state index in [0.29, 0.717) is 29.3 Å². The lowest BCUT2D eigenvalue weighted by Gasteiger charge is -2.21. The number of benzene rings is 20. The Morgan fingerprint density at radius 1 is 0.203 bits per heavy atom. The lowest BCUT2D eigenvalue weighted by Crippen LogP contribution is -2.14. The van der Waals surface area contributed by atoms with Crippen LogP contribution < -0.4 is 0 Å². The van der Waals surface area contributed by atoms with Crippen LogP contribution in [-0.4, -0.2) is 44.9 Å². The second kappa shape index (κ2) is 34.6. The molecular weight excluding hydrogens is 1700 g/mol. The van der Waals surface area contributed by atoms with Crippen molar-refractivity contribution in [2.75, 3.05) is 0 Å². The standard InChI is InChI=1S/C46H31N3S.C43H27N3O.C37H23N3O/c1-46(2)37-16-10-9-15-35(37)36-23-20-33(26-38(36)46)45-49-43-41(50-45)24-21-30-17-18-31-25-32(19-22-34(31)42(30)43)44-47-39(28-11-5-3-6-12-28)27-40(48-44)29-13-7-4-8-14-29;1-4-10-30(11-5-1)37-27-38(31-12-6-2-7-13-31)45-42(44-37)33-21-16-28(17-22-33)35-23-19-29-18-20-32-24-25-39-41(40(32)36(29)26-35)46-43(47-39)34-14-8-3-9-15-34;1-4-10-24(11-5-1)31-23-32(25-12-6-2-7-13-25)39-36(38-31)29-18-20-30-28(22-29)17-16-26-19-21-33-35(34(26)30)40-37(41-33)27-14-8-3-9-15-27/h3-27H,1-2H3;1-27H;1-23H. The highest BCUT2D eigenvalue weighted by atomic mass is 32.1. The van der Waals surface area contributed by atoms with E-state index < -0.39 is 0 Å². The maximum absolute atomic E-state index is 6.23. The average molecular weight is 1790 g/mol. The molecule has 0 amide bonds. The molecule has 27 rings (SSSR count). The highest BCUT2D eigenvalue weighted by molar-refractivity contribution is 7.21. The molecule has 6 heterocycles. The van der Waals surface area contributed by atoms with Gasteiger partial charge in [0.15, 0.2) is 28.6 Å². The quantitative estimate of drug-likeness (QED) is 0.102. The van der Waals surface area contributed by atoms with Crippen molar-refractivity contribution in [3.05, 3.63) is 466 Å². The third-order valence-electron chi connectivity index (χ3n) is 26.5. The molecule has 0 saturated heterocycles. The van der Waals surface area contributed by atoms with Gasteiger partial charge < -0.3 is 8.83 Å². The molecule has 0 fully saturated rings. The number of nitrogens with zero attached hydrogens (tertiary/aromatic N) is 9. The minimum absolute atomic E-state index is 0.0502. The summed E-state index contributed by atoms with van der Waals surface area (Å²) in [6.07, 6.45) is 0. The molecule has 0 N–H and O–H groups in total. The molecule has 12 heteroatoms. The highest BCUT2D eigenvalue weighted by Gasteiger charge is 2.36. The molecular formula is C126H81N9O2S. The minimum atomic E-state index is -0.0502. The second-order valence-electron chi connectivity index (χ2n) is 35.4. The maximum Gasteiger partial charge on any atom is 0.227 e. The van der Waals surface area contributed by atoms with Crippen molar-refractivity contribution in [3.8, 4) is 157 Å². The third-order valence-corrected chi connectivity index (χ3v) is 27.6. The number of hydrogen-bond acceptors (Lipinski definition) is 12. The van der Waals surface area contributed by atoms with Crippen molar-refractivity contribution in [2.45, 2.75) is 19.3 Å². The third kappa shape index (κ3) is 15.3. The number of hydrogen-bond donors (Lipinski definition) is 0. The van der Waals surface area contributed by atoms with Gasteiger partial charge in [-0.2, -0.15) is 0 Å². The van der Waals surface area contributed by atoms with Crippen LogP contribution in [-0.2, 0) is 5.41 Å². The van der Waals surface area contributed by atoms with Gasteiger partial charge in [0.25, 0.3) is 0 Å². The van der Waals surface area contributed by atoms with E-state index >= 15 is 0 Å². The van der Waals surface area contributed by atoms with Crippen molar-refractivity contribution in [1.29, 1.82) is 0 Å². The van der Waals surface area contributed by atoms with Gasteiger partial charge in [-0.1, -0.05) is 384 Å². The monoisotopic (exact) mass is 1780 g/mol. The van der Waals surface area contributed by atoms with E-state index in [0.717, 1.165) is 188 Å². The predicted octanol–water partition coefficient (Wildman–Crippen LogP) is 33.2. The predicted molar refractivity (Wildman–Crippen MR) is 568 cm³/mol. The number of aromatic nitrogens is 9. The Bertz CT molecular complexity index is 9030. The molecule has 0 atom stereocenters. The molecule has 1 aliphatic carbocycles. The molecule has 1 aliphatic rings. The summed E-state index contributed by atoms with van der Waals surface area (Å²) < 4.78 is 13.6. The first-order valence-electron chi connectivity index (χ1n) is 46.3. The van der Waals surface area contributed by atoms with Gasteiger partial charge in [-0.25, -0.2) is 44.9 Å². The maximum atomic E-state index is 6.23. The second-order valence-corrected chi connectivity index (χ2v) is 36.4. The van der Waals surface area contributed by atoms with Crippen molar-refractivity contribution in [3.63, 3.8) is 0 Å². The van der Waals surface area contributed by atoms with Crippen molar-refractivity contribution < 1.29 is 8.83 Å². The summed E-state index contributed by atoms with van der Waals surface area (Å²) >= 11 is 1.77. The van der Waals surface area contributed by atoms with Gasteiger partial charge in [-0.05, 0) is 167 Å². The van der Waals surface area contributed by atoms with Gasteiger partial charge in [0.05, 0.1) is 44.4 Å². The summed E-state index contributed by atoms with van der Waals surface area (Å²) in [7, 11) is 0. The molecule has 0 radical (unpaired) electrons. The Balaban J connectivity index is 0.000000110. The van der Waals surface area contributed by atoms with Crippen LogP contribution in [0.5, 0.6) is 0 Å². The molecule has 0 bridgehead atoms. The number of thiazole rings is 1. The van der Waals surface area contributed by atoms with E-state index in [9.17, 15) is 0 Å². The summed E-state index contributed by atoms with van der Waals surface area (Å²) in [4.78, 5) is 45.5. The van der Waals surface area contributed by atoms with Crippen LogP contribution in [0, 0.1) is 0 Å². The van der Waals surface area contributed by atoms with Gasteiger partial charge in [0, 0.05) is 88.3 Å². The molecule has 0 spiro atoms. The van der Waals surface area contributed by atoms with Crippen molar-refractivity contribution in [2.24, 2.45) is 0 Å². The Morgan fingerprint density at radius 3 is 0.971 bits per heavy atom. The topological polar surface area (TPSA) is 142 Å². The van der Waals surface area contributed by atoms with Crippen molar-refractivity contribution in [1.82, 2.24) is 44.9 Å². The van der Waals surface area contributed by atoms with Crippen molar-refractivity contribution >= 4 is 108 Å². The van der Waals surface area contributed by atoms with E-state index in [1.807, 2.05) is 158 Å². The number of oxazole rings is 2. The average Bonchev–Trinajstić information content (AvgIpc) is 1.59. The normalized spacial score (nSPS) is 12.0. The molecule has 26 aromatic rings. The first-order chi connectivity index (χ1) is 68.1. The molecule has 20 aromatic carbocycles. The fraction of sp³-hybridized carbons (Fsp3) is 0.0238. The fourth-order valence-corrected chi connectivity index (χ4v) is 20.5. The largest absolute Gasteiger partial charge is 0.436 e. The molecule has 0 unspecified atom stereocenters. The lowest BCUT2D eigenvalue weighted by molar-refractivity contribution is 0.619. The molecule has 11 nitrogen and oxygen atoms in total. The summed E-state index contributed by atoms with van der Waals surface area (Å²) in [6, 6.07) is 158. The zero-order chi connectivity index (χ0) is 91.7. The Kier molecular flexibility index (Phi) is 20.5. The van der Waals surface area contributed by atoms with E-state index in [-0.39, 0.29) is 5.41 Å². The van der Waals surface area contributed by atoms with Gasteiger partial charge >= 0.3 is 0 Å². The fourth-order valence-electron chi connectivity index (χ4n) is 19.5. The van der Waals surface area contributed by atoms with Crippen LogP contribution in [0.15, 0.2) is 464 Å². The highest BCUT2D eigenvalue weighted by Crippen LogP contribution is 2.51. The summed E-state index contributed by atoms with van der Waals surface area (Å²) in [5.41, 5.74) is 29.8. The first-order valence-corrected chi connectivity index (χ1v) is 47.1. The Hall–Kier alpha value is -18.0. The van der Waals surface area contributed by atoms with Gasteiger partial charge in [-0.3, -0.25) is 0 Å². The summed E-state index contributed by atoms with van der Waals surface area (Å²) in [6.45, 7) is 4.66. The van der Waals surface area contributed by atoms with E-state index in [1.54, 1.807) is 11.3 Å². The van der Waals surface area contributed by atoms with Crippen LogP contribution in [0.1, 0.15) is 25.0 Å². The van der Waals surface area contributed by atoms with Crippen LogP contribution in [0.25, 0.3) is 254 Å². The molecule has 0 saturated carbocycles. The molecule has 6 aromatic heterocycles. The summed E-state index contributed by atoms with van der Waals surface area (Å²) in [5, 5.41) is 14.7. The van der Waals surface area contributed by atoms with Gasteiger partial charge in [0.1, 0.15) is 16.0 Å². The van der Waals surface area contributed by atoms with Crippen LogP contribution in [0.2, 0.25) is 0 Å². The Morgan fingerprint density at radius 2 is 0.529 bits per heavy atom. The zero-order valence-corrected chi connectivity index (χ0v) is 75.9. The van der Waals surface area contributed by atoms with E-state index in [1.165, 1.54) is 48.7 Å².